The summed E-state index contributed by atoms with van der Waals surface area (Å²) in [7, 11) is 0. The fourth-order valence-electron chi connectivity index (χ4n) is 5.75. The van der Waals surface area contributed by atoms with E-state index in [1.807, 2.05) is 22.5 Å². The van der Waals surface area contributed by atoms with Crippen molar-refractivity contribution < 1.29 is 9.21 Å². The molecule has 1 saturated heterocycles. The van der Waals surface area contributed by atoms with Crippen molar-refractivity contribution in [1.82, 2.24) is 9.80 Å². The number of carbonyl (C=O) groups excluding carboxylic acids is 1. The Morgan fingerprint density at radius 3 is 2.59 bits per heavy atom. The van der Waals surface area contributed by atoms with Crippen molar-refractivity contribution in [3.05, 3.63) is 56.0 Å². The molecule has 0 spiro atoms. The highest BCUT2D eigenvalue weighted by Crippen LogP contribution is 2.37. The number of rotatable bonds is 5. The van der Waals surface area contributed by atoms with E-state index in [2.05, 4.69) is 37.8 Å². The minimum Gasteiger partial charge on any atom is -0.464 e. The van der Waals surface area contributed by atoms with Crippen LogP contribution in [0.3, 0.4) is 0 Å². The first-order chi connectivity index (χ1) is 15.9. The molecule has 0 atom stereocenters. The molecule has 5 rings (SSSR count). The number of halogens is 1. The third kappa shape index (κ3) is 4.80. The molecule has 1 fully saturated rings. The van der Waals surface area contributed by atoms with E-state index in [1.54, 1.807) is 22.9 Å². The van der Waals surface area contributed by atoms with Gasteiger partial charge in [-0.3, -0.25) is 4.79 Å². The molecule has 34 heavy (non-hydrogen) atoms. The standard InChI is InChI=1S/C28H36N2O2S.ClH/c1-5-22-23-8-13-30(20(4)31)16-28(23)33-27(22)9-12-29-10-6-21(7-11-29)25-17-32-26-15-19(3)18(2)14-24(25)26;/h14-15,17,21H,5-13,16H2,1-4H3;1H. The number of nitrogens with zero attached hydrogens (tertiary/aromatic N) is 2. The largest absolute Gasteiger partial charge is 0.464 e. The Morgan fingerprint density at radius 1 is 1.15 bits per heavy atom. The van der Waals surface area contributed by atoms with Gasteiger partial charge >= 0.3 is 0 Å². The van der Waals surface area contributed by atoms with Crippen LogP contribution in [0.4, 0.5) is 0 Å². The summed E-state index contributed by atoms with van der Waals surface area (Å²) < 4.78 is 5.92. The highest BCUT2D eigenvalue weighted by Gasteiger charge is 2.26. The van der Waals surface area contributed by atoms with E-state index < -0.39 is 0 Å². The first-order valence-electron chi connectivity index (χ1n) is 12.5. The summed E-state index contributed by atoms with van der Waals surface area (Å²) in [5.41, 5.74) is 8.21. The van der Waals surface area contributed by atoms with Crippen LogP contribution in [0, 0.1) is 13.8 Å². The molecule has 0 aliphatic carbocycles. The number of aryl methyl sites for hydroxylation is 2. The number of fused-ring (bicyclic) bond motifs is 2. The second kappa shape index (κ2) is 10.4. The van der Waals surface area contributed by atoms with Crippen LogP contribution < -0.4 is 0 Å². The molecule has 0 saturated carbocycles. The van der Waals surface area contributed by atoms with E-state index in [4.69, 9.17) is 4.42 Å². The van der Waals surface area contributed by atoms with Crippen LogP contribution in [0.1, 0.15) is 70.2 Å². The minimum absolute atomic E-state index is 0. The molecule has 0 N–H and O–H groups in total. The van der Waals surface area contributed by atoms with Crippen molar-refractivity contribution in [2.75, 3.05) is 26.2 Å². The Morgan fingerprint density at radius 2 is 1.88 bits per heavy atom. The molecule has 3 aromatic rings. The number of benzene rings is 1. The third-order valence-corrected chi connectivity index (χ3v) is 9.27. The highest BCUT2D eigenvalue weighted by molar-refractivity contribution is 7.12. The van der Waals surface area contributed by atoms with E-state index in [9.17, 15) is 4.79 Å². The van der Waals surface area contributed by atoms with Gasteiger partial charge in [-0.15, -0.1) is 23.7 Å². The van der Waals surface area contributed by atoms with Crippen LogP contribution >= 0.6 is 23.7 Å². The Kier molecular flexibility index (Phi) is 7.75. The SMILES string of the molecule is CCc1c(CCN2CCC(c3coc4cc(C)c(C)cc34)CC2)sc2c1CCN(C(C)=O)C2.Cl. The van der Waals surface area contributed by atoms with Crippen molar-refractivity contribution in [2.45, 2.75) is 72.3 Å². The van der Waals surface area contributed by atoms with E-state index in [0.29, 0.717) is 5.92 Å². The molecule has 2 aliphatic rings. The molecular weight excluding hydrogens is 464 g/mol. The van der Waals surface area contributed by atoms with Gasteiger partial charge in [-0.2, -0.15) is 0 Å². The Bertz CT molecular complexity index is 1170. The zero-order chi connectivity index (χ0) is 23.1. The lowest BCUT2D eigenvalue weighted by Gasteiger charge is -2.31. The summed E-state index contributed by atoms with van der Waals surface area (Å²) >= 11 is 1.97. The van der Waals surface area contributed by atoms with Crippen molar-refractivity contribution in [2.24, 2.45) is 0 Å². The van der Waals surface area contributed by atoms with Crippen LogP contribution in [0.25, 0.3) is 11.0 Å². The molecule has 0 unspecified atom stereocenters. The van der Waals surface area contributed by atoms with Crippen molar-refractivity contribution in [3.63, 3.8) is 0 Å². The lowest BCUT2D eigenvalue weighted by molar-refractivity contribution is -0.129. The topological polar surface area (TPSA) is 36.7 Å². The fourth-order valence-corrected chi connectivity index (χ4v) is 7.20. The van der Waals surface area contributed by atoms with Gasteiger partial charge in [0.15, 0.2) is 0 Å². The molecular formula is C28H37ClN2O2S. The molecule has 6 heteroatoms. The predicted octanol–water partition coefficient (Wildman–Crippen LogP) is 6.42. The maximum Gasteiger partial charge on any atom is 0.219 e. The Hall–Kier alpha value is -1.82. The number of amides is 1. The molecule has 0 radical (unpaired) electrons. The normalized spacial score (nSPS) is 17.1. The maximum absolute atomic E-state index is 11.8. The summed E-state index contributed by atoms with van der Waals surface area (Å²) in [5, 5.41) is 1.31. The number of likely N-dealkylation sites (tertiary alicyclic amines) is 1. The average molecular weight is 501 g/mol. The van der Waals surface area contributed by atoms with Gasteiger partial charge in [0, 0.05) is 40.7 Å². The van der Waals surface area contributed by atoms with Crippen LogP contribution in [0.2, 0.25) is 0 Å². The maximum atomic E-state index is 11.8. The quantitative estimate of drug-likeness (QED) is 0.405. The third-order valence-electron chi connectivity index (χ3n) is 7.95. The number of thiophene rings is 1. The van der Waals surface area contributed by atoms with E-state index in [-0.39, 0.29) is 18.3 Å². The lowest BCUT2D eigenvalue weighted by Crippen LogP contribution is -2.34. The number of hydrogen-bond donors (Lipinski definition) is 0. The number of carbonyl (C=O) groups is 1. The monoisotopic (exact) mass is 500 g/mol. The van der Waals surface area contributed by atoms with Crippen LogP contribution in [-0.2, 0) is 30.6 Å². The number of piperidine rings is 1. The van der Waals surface area contributed by atoms with Gasteiger partial charge < -0.3 is 14.2 Å². The molecule has 1 amide bonds. The molecule has 1 aromatic carbocycles. The average Bonchev–Trinajstić information content (AvgIpc) is 3.38. The Balaban J connectivity index is 0.00000274. The number of hydrogen-bond acceptors (Lipinski definition) is 4. The smallest absolute Gasteiger partial charge is 0.219 e. The van der Waals surface area contributed by atoms with Gasteiger partial charge in [0.05, 0.1) is 12.8 Å². The summed E-state index contributed by atoms with van der Waals surface area (Å²) in [6.07, 6.45) is 7.69. The summed E-state index contributed by atoms with van der Waals surface area (Å²) in [4.78, 5) is 19.5. The molecule has 4 nitrogen and oxygen atoms in total. The van der Waals surface area contributed by atoms with Gasteiger partial charge in [-0.05, 0) is 99.3 Å². The summed E-state index contributed by atoms with van der Waals surface area (Å²) in [6, 6.07) is 4.50. The lowest BCUT2D eigenvalue weighted by atomic mass is 9.88. The molecule has 2 aromatic heterocycles. The zero-order valence-corrected chi connectivity index (χ0v) is 22.5. The first-order valence-corrected chi connectivity index (χ1v) is 13.3. The van der Waals surface area contributed by atoms with Crippen molar-refractivity contribution in [1.29, 1.82) is 0 Å². The highest BCUT2D eigenvalue weighted by atomic mass is 35.5. The second-order valence-electron chi connectivity index (χ2n) is 9.94. The molecule has 0 bridgehead atoms. The van der Waals surface area contributed by atoms with Crippen LogP contribution in [-0.4, -0.2) is 41.9 Å². The van der Waals surface area contributed by atoms with Crippen molar-refractivity contribution in [3.8, 4) is 0 Å². The van der Waals surface area contributed by atoms with Gasteiger partial charge in [0.2, 0.25) is 5.91 Å². The molecule has 4 heterocycles. The van der Waals surface area contributed by atoms with Gasteiger partial charge in [-0.1, -0.05) is 6.92 Å². The second-order valence-corrected chi connectivity index (χ2v) is 11.1. The summed E-state index contributed by atoms with van der Waals surface area (Å²) in [6.45, 7) is 13.5. The van der Waals surface area contributed by atoms with E-state index >= 15 is 0 Å². The van der Waals surface area contributed by atoms with E-state index in [0.717, 1.165) is 57.6 Å². The Labute approximate surface area is 213 Å². The predicted molar refractivity (Wildman–Crippen MR) is 144 cm³/mol. The van der Waals surface area contributed by atoms with Crippen molar-refractivity contribution >= 4 is 40.6 Å². The first kappa shape index (κ1) is 25.3. The van der Waals surface area contributed by atoms with E-state index in [1.165, 1.54) is 39.8 Å². The molecule has 184 valence electrons. The van der Waals surface area contributed by atoms with Crippen LogP contribution in [0.15, 0.2) is 22.8 Å². The fraction of sp³-hybridized carbons (Fsp3) is 0.536. The summed E-state index contributed by atoms with van der Waals surface area (Å²) in [5.74, 6) is 0.801. The zero-order valence-electron chi connectivity index (χ0n) is 20.9. The van der Waals surface area contributed by atoms with Crippen LogP contribution in [0.5, 0.6) is 0 Å². The van der Waals surface area contributed by atoms with Gasteiger partial charge in [0.25, 0.3) is 0 Å². The molecule has 2 aliphatic heterocycles. The minimum atomic E-state index is 0. The van der Waals surface area contributed by atoms with Gasteiger partial charge in [-0.25, -0.2) is 0 Å². The van der Waals surface area contributed by atoms with Gasteiger partial charge in [0.1, 0.15) is 5.58 Å². The number of furan rings is 1.